The molecule has 2 aliphatic heterocycles. The Hall–Kier alpha value is -0.120. The van der Waals surface area contributed by atoms with Crippen LogP contribution in [0, 0.1) is 23.2 Å². The molecular formula is C21H39NO2. The van der Waals surface area contributed by atoms with Crippen LogP contribution in [0.1, 0.15) is 72.6 Å². The first-order chi connectivity index (χ1) is 11.4. The molecule has 0 aromatic heterocycles. The summed E-state index contributed by atoms with van der Waals surface area (Å²) >= 11 is 0. The second-order valence-corrected chi connectivity index (χ2v) is 9.50. The maximum Gasteiger partial charge on any atom is 0.168 e. The zero-order chi connectivity index (χ0) is 17.2. The lowest BCUT2D eigenvalue weighted by Gasteiger charge is -2.47. The average Bonchev–Trinajstić information content (AvgIpc) is 2.60. The highest BCUT2D eigenvalue weighted by Crippen LogP contribution is 2.46. The third kappa shape index (κ3) is 4.34. The fourth-order valence-electron chi connectivity index (χ4n) is 4.76. The quantitative estimate of drug-likeness (QED) is 0.742. The fraction of sp³-hybridized carbons (Fsp3) is 1.00. The van der Waals surface area contributed by atoms with Crippen LogP contribution in [0.3, 0.4) is 0 Å². The van der Waals surface area contributed by atoms with Crippen molar-refractivity contribution < 1.29 is 9.47 Å². The molecule has 0 N–H and O–H groups in total. The molecule has 0 atom stereocenters. The van der Waals surface area contributed by atoms with Crippen LogP contribution in [0.2, 0.25) is 0 Å². The Labute approximate surface area is 149 Å². The molecule has 1 aliphatic carbocycles. The first kappa shape index (κ1) is 18.7. The standard InChI is InChI=1S/C21H39NO2/c1-5-20(3,4)19-6-10-21(11-7-19)23-15-18(16-24-21)14-22-12-8-17(2)9-13-22/h17-19H,5-16H2,1-4H3. The van der Waals surface area contributed by atoms with Crippen molar-refractivity contribution in [2.24, 2.45) is 23.2 Å². The van der Waals surface area contributed by atoms with Crippen molar-refractivity contribution in [3.63, 3.8) is 0 Å². The maximum absolute atomic E-state index is 6.33. The highest BCUT2D eigenvalue weighted by Gasteiger charge is 2.44. The van der Waals surface area contributed by atoms with Gasteiger partial charge in [-0.3, -0.25) is 0 Å². The Morgan fingerprint density at radius 1 is 1.00 bits per heavy atom. The monoisotopic (exact) mass is 337 g/mol. The molecule has 3 heteroatoms. The average molecular weight is 338 g/mol. The summed E-state index contributed by atoms with van der Waals surface area (Å²) in [6, 6.07) is 0. The van der Waals surface area contributed by atoms with Crippen molar-refractivity contribution >= 4 is 0 Å². The van der Waals surface area contributed by atoms with E-state index in [9.17, 15) is 0 Å². The van der Waals surface area contributed by atoms with E-state index < -0.39 is 0 Å². The lowest BCUT2D eigenvalue weighted by Crippen LogP contribution is -2.50. The number of hydrogen-bond donors (Lipinski definition) is 0. The molecule has 2 heterocycles. The Balaban J connectivity index is 1.42. The van der Waals surface area contributed by atoms with Crippen LogP contribution in [0.15, 0.2) is 0 Å². The van der Waals surface area contributed by atoms with Crippen molar-refractivity contribution in [1.29, 1.82) is 0 Å². The minimum Gasteiger partial charge on any atom is -0.350 e. The number of ether oxygens (including phenoxy) is 2. The zero-order valence-electron chi connectivity index (χ0n) is 16.5. The van der Waals surface area contributed by atoms with Gasteiger partial charge in [0.25, 0.3) is 0 Å². The van der Waals surface area contributed by atoms with Crippen molar-refractivity contribution in [2.75, 3.05) is 32.8 Å². The predicted molar refractivity (Wildman–Crippen MR) is 99.0 cm³/mol. The van der Waals surface area contributed by atoms with E-state index in [1.165, 1.54) is 45.2 Å². The van der Waals surface area contributed by atoms with E-state index >= 15 is 0 Å². The van der Waals surface area contributed by atoms with E-state index in [0.29, 0.717) is 11.3 Å². The number of hydrogen-bond acceptors (Lipinski definition) is 3. The summed E-state index contributed by atoms with van der Waals surface area (Å²) in [6.45, 7) is 15.0. The summed E-state index contributed by atoms with van der Waals surface area (Å²) in [5.74, 6) is 2.06. The summed E-state index contributed by atoms with van der Waals surface area (Å²) in [5, 5.41) is 0. The Morgan fingerprint density at radius 2 is 1.58 bits per heavy atom. The van der Waals surface area contributed by atoms with Gasteiger partial charge in [-0.15, -0.1) is 0 Å². The second kappa shape index (κ2) is 7.63. The molecule has 3 aliphatic rings. The van der Waals surface area contributed by atoms with Crippen molar-refractivity contribution in [1.82, 2.24) is 4.90 Å². The van der Waals surface area contributed by atoms with Crippen LogP contribution in [-0.2, 0) is 9.47 Å². The van der Waals surface area contributed by atoms with Crippen LogP contribution < -0.4 is 0 Å². The minimum atomic E-state index is -0.243. The molecule has 3 nitrogen and oxygen atoms in total. The molecule has 3 fully saturated rings. The molecule has 24 heavy (non-hydrogen) atoms. The van der Waals surface area contributed by atoms with Gasteiger partial charge >= 0.3 is 0 Å². The number of piperidine rings is 1. The van der Waals surface area contributed by atoms with Gasteiger partial charge in [-0.1, -0.05) is 34.1 Å². The summed E-state index contributed by atoms with van der Waals surface area (Å²) in [7, 11) is 0. The van der Waals surface area contributed by atoms with E-state index in [4.69, 9.17) is 9.47 Å². The van der Waals surface area contributed by atoms with Gasteiger partial charge in [0, 0.05) is 25.3 Å². The molecule has 0 amide bonds. The van der Waals surface area contributed by atoms with E-state index in [-0.39, 0.29) is 5.79 Å². The Kier molecular flexibility index (Phi) is 5.94. The van der Waals surface area contributed by atoms with Crippen LogP contribution >= 0.6 is 0 Å². The van der Waals surface area contributed by atoms with Gasteiger partial charge in [0.05, 0.1) is 13.2 Å². The van der Waals surface area contributed by atoms with E-state index in [1.54, 1.807) is 0 Å². The normalized spacial score (nSPS) is 37.0. The number of likely N-dealkylation sites (tertiary alicyclic amines) is 1. The molecule has 1 spiro atoms. The van der Waals surface area contributed by atoms with Crippen LogP contribution in [0.5, 0.6) is 0 Å². The van der Waals surface area contributed by atoms with Gasteiger partial charge < -0.3 is 14.4 Å². The second-order valence-electron chi connectivity index (χ2n) is 9.50. The maximum atomic E-state index is 6.33. The first-order valence-corrected chi connectivity index (χ1v) is 10.4. The largest absolute Gasteiger partial charge is 0.350 e. The SMILES string of the molecule is CCC(C)(C)C1CCC2(CC1)OCC(CN1CCC(C)CC1)CO2. The molecule has 3 rings (SSSR count). The molecule has 0 radical (unpaired) electrons. The smallest absolute Gasteiger partial charge is 0.168 e. The van der Waals surface area contributed by atoms with E-state index in [1.807, 2.05) is 0 Å². The Morgan fingerprint density at radius 3 is 2.12 bits per heavy atom. The van der Waals surface area contributed by atoms with Crippen LogP contribution in [0.25, 0.3) is 0 Å². The molecule has 0 unspecified atom stereocenters. The lowest BCUT2D eigenvalue weighted by atomic mass is 9.68. The van der Waals surface area contributed by atoms with Gasteiger partial charge in [-0.2, -0.15) is 0 Å². The zero-order valence-corrected chi connectivity index (χ0v) is 16.5. The van der Waals surface area contributed by atoms with E-state index in [2.05, 4.69) is 32.6 Å². The van der Waals surface area contributed by atoms with Crippen LogP contribution in [-0.4, -0.2) is 43.5 Å². The first-order valence-electron chi connectivity index (χ1n) is 10.4. The molecule has 0 aromatic carbocycles. The van der Waals surface area contributed by atoms with Gasteiger partial charge in [0.15, 0.2) is 5.79 Å². The molecule has 0 aromatic rings. The summed E-state index contributed by atoms with van der Waals surface area (Å²) in [5.41, 5.74) is 0.463. The predicted octanol–water partition coefficient (Wildman–Crippen LogP) is 4.70. The van der Waals surface area contributed by atoms with Crippen molar-refractivity contribution in [3.05, 3.63) is 0 Å². The number of rotatable bonds is 4. The van der Waals surface area contributed by atoms with Crippen molar-refractivity contribution in [2.45, 2.75) is 78.4 Å². The van der Waals surface area contributed by atoms with Gasteiger partial charge in [-0.25, -0.2) is 0 Å². The molecule has 0 bridgehead atoms. The number of nitrogens with zero attached hydrogens (tertiary/aromatic N) is 1. The molecule has 2 saturated heterocycles. The molecular weight excluding hydrogens is 298 g/mol. The van der Waals surface area contributed by atoms with E-state index in [0.717, 1.165) is 44.4 Å². The fourth-order valence-corrected chi connectivity index (χ4v) is 4.76. The van der Waals surface area contributed by atoms with Crippen molar-refractivity contribution in [3.8, 4) is 0 Å². The summed E-state index contributed by atoms with van der Waals surface area (Å²) in [6.07, 6.45) is 8.68. The minimum absolute atomic E-state index is 0.243. The third-order valence-electron chi connectivity index (χ3n) is 7.32. The van der Waals surface area contributed by atoms with Gasteiger partial charge in [0.2, 0.25) is 0 Å². The molecule has 140 valence electrons. The third-order valence-corrected chi connectivity index (χ3v) is 7.32. The highest BCUT2D eigenvalue weighted by molar-refractivity contribution is 4.88. The Bertz CT molecular complexity index is 383. The van der Waals surface area contributed by atoms with Gasteiger partial charge in [-0.05, 0) is 56.0 Å². The summed E-state index contributed by atoms with van der Waals surface area (Å²) < 4.78 is 12.7. The lowest BCUT2D eigenvalue weighted by molar-refractivity contribution is -0.301. The van der Waals surface area contributed by atoms with Gasteiger partial charge in [0.1, 0.15) is 0 Å². The topological polar surface area (TPSA) is 21.7 Å². The van der Waals surface area contributed by atoms with Crippen LogP contribution in [0.4, 0.5) is 0 Å². The highest BCUT2D eigenvalue weighted by atomic mass is 16.7. The molecule has 1 saturated carbocycles. The summed E-state index contributed by atoms with van der Waals surface area (Å²) in [4.78, 5) is 2.62.